The maximum absolute atomic E-state index is 12.4. The summed E-state index contributed by atoms with van der Waals surface area (Å²) in [4.78, 5) is 25.1. The molecule has 1 aliphatic rings. The lowest BCUT2D eigenvalue weighted by molar-refractivity contribution is -0.141. The fourth-order valence-corrected chi connectivity index (χ4v) is 2.06. The number of H-pyrrole nitrogens is 1. The summed E-state index contributed by atoms with van der Waals surface area (Å²) in [5, 5.41) is 5.72. The van der Waals surface area contributed by atoms with Gasteiger partial charge in [0, 0.05) is 12.6 Å². The molecule has 2 rings (SSSR count). The second kappa shape index (κ2) is 6.95. The van der Waals surface area contributed by atoms with Gasteiger partial charge in [0.1, 0.15) is 11.3 Å². The molecule has 118 valence electrons. The molecule has 9 heteroatoms. The molecule has 1 fully saturated rings. The van der Waals surface area contributed by atoms with Gasteiger partial charge in [-0.15, -0.1) is 12.4 Å². The van der Waals surface area contributed by atoms with Gasteiger partial charge in [0.25, 0.3) is 11.5 Å². The molecule has 0 radical (unpaired) electrons. The molecule has 0 saturated carbocycles. The molecule has 1 aromatic heterocycles. The van der Waals surface area contributed by atoms with Crippen LogP contribution in [-0.4, -0.2) is 30.0 Å². The van der Waals surface area contributed by atoms with Crippen molar-refractivity contribution in [2.75, 3.05) is 13.1 Å². The Morgan fingerprint density at radius 1 is 1.33 bits per heavy atom. The van der Waals surface area contributed by atoms with Gasteiger partial charge in [-0.2, -0.15) is 13.2 Å². The second-order valence-electron chi connectivity index (χ2n) is 4.63. The minimum Gasteiger partial charge on any atom is -0.348 e. The molecule has 1 amide bonds. The van der Waals surface area contributed by atoms with Gasteiger partial charge in [-0.3, -0.25) is 9.59 Å². The highest BCUT2D eigenvalue weighted by Gasteiger charge is 2.32. The van der Waals surface area contributed by atoms with Crippen molar-refractivity contribution in [3.05, 3.63) is 33.7 Å². The van der Waals surface area contributed by atoms with Crippen LogP contribution in [0.5, 0.6) is 0 Å². The summed E-state index contributed by atoms with van der Waals surface area (Å²) in [6, 6.07) is 1.47. The van der Waals surface area contributed by atoms with Gasteiger partial charge in [-0.1, -0.05) is 0 Å². The van der Waals surface area contributed by atoms with Gasteiger partial charge in [0.05, 0.1) is 0 Å². The predicted molar refractivity (Wildman–Crippen MR) is 72.7 cm³/mol. The topological polar surface area (TPSA) is 74.0 Å². The van der Waals surface area contributed by atoms with Crippen LogP contribution in [-0.2, 0) is 6.18 Å². The third-order valence-corrected chi connectivity index (χ3v) is 3.09. The Kier molecular flexibility index (Phi) is 5.79. The average Bonchev–Trinajstić information content (AvgIpc) is 2.38. The molecule has 1 aromatic rings. The third-order valence-electron chi connectivity index (χ3n) is 3.09. The summed E-state index contributed by atoms with van der Waals surface area (Å²) < 4.78 is 37.2. The number of carbonyl (C=O) groups excluding carboxylic acids is 1. The number of halogens is 4. The SMILES string of the molecule is Cl.O=C(N[C@H]1CCCNC1)c1ccc(C(F)(F)F)[nH]c1=O. The van der Waals surface area contributed by atoms with Crippen molar-refractivity contribution >= 4 is 18.3 Å². The number of nitrogens with one attached hydrogen (secondary N) is 3. The highest BCUT2D eigenvalue weighted by atomic mass is 35.5. The monoisotopic (exact) mass is 325 g/mol. The maximum Gasteiger partial charge on any atom is 0.431 e. The molecule has 0 bridgehead atoms. The van der Waals surface area contributed by atoms with Gasteiger partial charge in [-0.25, -0.2) is 0 Å². The molecule has 0 unspecified atom stereocenters. The fourth-order valence-electron chi connectivity index (χ4n) is 2.06. The van der Waals surface area contributed by atoms with E-state index in [-0.39, 0.29) is 24.0 Å². The van der Waals surface area contributed by atoms with E-state index in [0.29, 0.717) is 12.6 Å². The first kappa shape index (κ1) is 17.5. The van der Waals surface area contributed by atoms with Gasteiger partial charge >= 0.3 is 6.18 Å². The number of rotatable bonds is 2. The average molecular weight is 326 g/mol. The standard InChI is InChI=1S/C12H14F3N3O2.ClH/c13-12(14,15)9-4-3-8(11(20)18-9)10(19)17-7-2-1-5-16-6-7;/h3-4,7,16H,1-2,5-6H2,(H,17,19)(H,18,20);1H/t7-;/m0./s1. The van der Waals surface area contributed by atoms with Crippen molar-refractivity contribution in [3.63, 3.8) is 0 Å². The van der Waals surface area contributed by atoms with Gasteiger partial charge in [0.15, 0.2) is 0 Å². The summed E-state index contributed by atoms with van der Waals surface area (Å²) in [5.41, 5.74) is -2.52. The molecule has 3 N–H and O–H groups in total. The van der Waals surface area contributed by atoms with Crippen molar-refractivity contribution in [1.29, 1.82) is 0 Å². The van der Waals surface area contributed by atoms with Gasteiger partial charge in [0.2, 0.25) is 0 Å². The highest BCUT2D eigenvalue weighted by molar-refractivity contribution is 5.94. The van der Waals surface area contributed by atoms with E-state index in [1.165, 1.54) is 0 Å². The van der Waals surface area contributed by atoms with Crippen LogP contribution in [0.25, 0.3) is 0 Å². The Labute approximate surface area is 124 Å². The zero-order chi connectivity index (χ0) is 14.8. The van der Waals surface area contributed by atoms with Crippen LogP contribution < -0.4 is 16.2 Å². The molecule has 1 aliphatic heterocycles. The van der Waals surface area contributed by atoms with Crippen molar-refractivity contribution in [1.82, 2.24) is 15.6 Å². The minimum absolute atomic E-state index is 0. The number of piperidine rings is 1. The zero-order valence-electron chi connectivity index (χ0n) is 10.9. The van der Waals surface area contributed by atoms with E-state index in [2.05, 4.69) is 10.6 Å². The van der Waals surface area contributed by atoms with E-state index >= 15 is 0 Å². The molecule has 1 saturated heterocycles. The Morgan fingerprint density at radius 2 is 2.05 bits per heavy atom. The Hall–Kier alpha value is -1.54. The van der Waals surface area contributed by atoms with E-state index in [0.717, 1.165) is 25.5 Å². The molecule has 0 spiro atoms. The second-order valence-corrected chi connectivity index (χ2v) is 4.63. The van der Waals surface area contributed by atoms with E-state index in [4.69, 9.17) is 0 Å². The number of carbonyl (C=O) groups is 1. The van der Waals surface area contributed by atoms with E-state index in [9.17, 15) is 22.8 Å². The van der Waals surface area contributed by atoms with E-state index in [1.54, 1.807) is 4.98 Å². The number of hydrogen-bond donors (Lipinski definition) is 3. The zero-order valence-corrected chi connectivity index (χ0v) is 11.7. The third kappa shape index (κ3) is 4.47. The number of pyridine rings is 1. The molecular formula is C12H15ClF3N3O2. The Balaban J connectivity index is 0.00000220. The first-order valence-corrected chi connectivity index (χ1v) is 6.20. The minimum atomic E-state index is -4.64. The first-order valence-electron chi connectivity index (χ1n) is 6.20. The lowest BCUT2D eigenvalue weighted by atomic mass is 10.1. The molecule has 21 heavy (non-hydrogen) atoms. The lowest BCUT2D eigenvalue weighted by Crippen LogP contribution is -2.46. The summed E-state index contributed by atoms with van der Waals surface area (Å²) in [6.45, 7) is 1.46. The normalized spacial score (nSPS) is 18.7. The summed E-state index contributed by atoms with van der Waals surface area (Å²) in [7, 11) is 0. The van der Waals surface area contributed by atoms with Crippen molar-refractivity contribution in [2.45, 2.75) is 25.1 Å². The van der Waals surface area contributed by atoms with Gasteiger partial charge in [-0.05, 0) is 31.5 Å². The number of alkyl halides is 3. The van der Waals surface area contributed by atoms with Crippen LogP contribution in [0.2, 0.25) is 0 Å². The summed E-state index contributed by atoms with van der Waals surface area (Å²) in [5.74, 6) is -0.659. The summed E-state index contributed by atoms with van der Waals surface area (Å²) >= 11 is 0. The van der Waals surface area contributed by atoms with Crippen LogP contribution in [0.15, 0.2) is 16.9 Å². The Bertz CT molecular complexity index is 553. The smallest absolute Gasteiger partial charge is 0.348 e. The predicted octanol–water partition coefficient (Wildman–Crippen LogP) is 1.30. The van der Waals surface area contributed by atoms with Crippen LogP contribution in [0, 0.1) is 0 Å². The van der Waals surface area contributed by atoms with Crippen LogP contribution in [0.3, 0.4) is 0 Å². The number of aromatic nitrogens is 1. The van der Waals surface area contributed by atoms with Crippen molar-refractivity contribution in [2.24, 2.45) is 0 Å². The fraction of sp³-hybridized carbons (Fsp3) is 0.500. The first-order chi connectivity index (χ1) is 9.38. The quantitative estimate of drug-likeness (QED) is 0.767. The van der Waals surface area contributed by atoms with Crippen molar-refractivity contribution in [3.8, 4) is 0 Å². The van der Waals surface area contributed by atoms with Crippen LogP contribution >= 0.6 is 12.4 Å². The molecule has 2 heterocycles. The van der Waals surface area contributed by atoms with E-state index < -0.39 is 23.3 Å². The number of aromatic amines is 1. The van der Waals surface area contributed by atoms with Crippen LogP contribution in [0.4, 0.5) is 13.2 Å². The largest absolute Gasteiger partial charge is 0.431 e. The molecule has 1 atom stereocenters. The molecule has 5 nitrogen and oxygen atoms in total. The molecule has 0 aliphatic carbocycles. The van der Waals surface area contributed by atoms with Crippen LogP contribution in [0.1, 0.15) is 28.9 Å². The Morgan fingerprint density at radius 3 is 2.57 bits per heavy atom. The summed E-state index contributed by atoms with van der Waals surface area (Å²) in [6.07, 6.45) is -2.97. The van der Waals surface area contributed by atoms with Gasteiger partial charge < -0.3 is 15.6 Å². The van der Waals surface area contributed by atoms with E-state index in [1.807, 2.05) is 0 Å². The molecular weight excluding hydrogens is 311 g/mol. The number of amides is 1. The number of hydrogen-bond acceptors (Lipinski definition) is 3. The lowest BCUT2D eigenvalue weighted by Gasteiger charge is -2.23. The maximum atomic E-state index is 12.4. The highest BCUT2D eigenvalue weighted by Crippen LogP contribution is 2.26. The molecule has 0 aromatic carbocycles. The van der Waals surface area contributed by atoms with Crippen molar-refractivity contribution < 1.29 is 18.0 Å².